The molecule has 0 unspecified atom stereocenters. The van der Waals surface area contributed by atoms with Crippen LogP contribution in [0.5, 0.6) is 0 Å². The first-order valence-electron chi connectivity index (χ1n) is 9.93. The van der Waals surface area contributed by atoms with E-state index in [2.05, 4.69) is 5.32 Å². The van der Waals surface area contributed by atoms with Crippen molar-refractivity contribution in [2.75, 3.05) is 5.32 Å². The van der Waals surface area contributed by atoms with Gasteiger partial charge in [-0.1, -0.05) is 41.9 Å². The zero-order valence-corrected chi connectivity index (χ0v) is 16.0. The lowest BCUT2D eigenvalue weighted by Crippen LogP contribution is -2.53. The van der Waals surface area contributed by atoms with E-state index < -0.39 is 0 Å². The highest BCUT2D eigenvalue weighted by Crippen LogP contribution is 2.57. The van der Waals surface area contributed by atoms with Gasteiger partial charge in [-0.2, -0.15) is 0 Å². The highest BCUT2D eigenvalue weighted by molar-refractivity contribution is 6.33. The van der Waals surface area contributed by atoms with Crippen LogP contribution in [0.15, 0.2) is 48.5 Å². The molecule has 0 spiro atoms. The average molecular weight is 382 g/mol. The van der Waals surface area contributed by atoms with Crippen LogP contribution in [0.4, 0.5) is 10.5 Å². The third kappa shape index (κ3) is 3.34. The molecule has 6 rings (SSSR count). The summed E-state index contributed by atoms with van der Waals surface area (Å²) in [6.07, 6.45) is 6.87. The average Bonchev–Trinajstić information content (AvgIpc) is 2.61. The summed E-state index contributed by atoms with van der Waals surface area (Å²) in [5.41, 5.74) is 2.55. The zero-order chi connectivity index (χ0) is 18.4. The summed E-state index contributed by atoms with van der Waals surface area (Å²) in [6.45, 7) is 0. The largest absolute Gasteiger partial charge is 0.443 e. The van der Waals surface area contributed by atoms with Gasteiger partial charge in [0.15, 0.2) is 0 Å². The fourth-order valence-corrected chi connectivity index (χ4v) is 6.17. The van der Waals surface area contributed by atoms with Crippen LogP contribution in [0.3, 0.4) is 0 Å². The number of halogens is 1. The van der Waals surface area contributed by atoms with Crippen molar-refractivity contribution >= 4 is 23.4 Å². The van der Waals surface area contributed by atoms with Crippen LogP contribution in [0.2, 0.25) is 5.02 Å². The Morgan fingerprint density at radius 3 is 2.11 bits per heavy atom. The highest BCUT2D eigenvalue weighted by atomic mass is 35.5. The number of benzene rings is 2. The molecule has 0 heterocycles. The van der Waals surface area contributed by atoms with Crippen molar-refractivity contribution in [1.82, 2.24) is 0 Å². The lowest BCUT2D eigenvalue weighted by atomic mass is 9.54. The number of carbonyl (C=O) groups is 1. The third-order valence-corrected chi connectivity index (χ3v) is 6.94. The second-order valence-electron chi connectivity index (χ2n) is 8.67. The molecule has 0 aliphatic heterocycles. The molecular formula is C23H24ClNO2. The van der Waals surface area contributed by atoms with Crippen molar-refractivity contribution in [2.45, 2.75) is 44.1 Å². The normalized spacial score (nSPS) is 30.9. The van der Waals surface area contributed by atoms with Gasteiger partial charge in [0.05, 0.1) is 0 Å². The molecule has 0 radical (unpaired) electrons. The minimum atomic E-state index is -0.317. The maximum atomic E-state index is 12.6. The molecule has 2 aromatic carbocycles. The number of amides is 1. The molecule has 4 bridgehead atoms. The summed E-state index contributed by atoms with van der Waals surface area (Å²) in [6, 6.07) is 15.5. The van der Waals surface area contributed by atoms with Gasteiger partial charge >= 0.3 is 6.09 Å². The van der Waals surface area contributed by atoms with E-state index in [-0.39, 0.29) is 11.7 Å². The van der Waals surface area contributed by atoms with Crippen molar-refractivity contribution < 1.29 is 9.53 Å². The van der Waals surface area contributed by atoms with Gasteiger partial charge in [-0.3, -0.25) is 5.32 Å². The Hall–Kier alpha value is -2.00. The van der Waals surface area contributed by atoms with Crippen LogP contribution in [-0.2, 0) is 4.74 Å². The van der Waals surface area contributed by atoms with Crippen molar-refractivity contribution in [3.8, 4) is 11.1 Å². The minimum absolute atomic E-state index is 0.212. The predicted molar refractivity (Wildman–Crippen MR) is 108 cm³/mol. The molecular weight excluding hydrogens is 358 g/mol. The molecule has 27 heavy (non-hydrogen) atoms. The molecule has 0 saturated heterocycles. The maximum absolute atomic E-state index is 12.6. The lowest BCUT2D eigenvalue weighted by molar-refractivity contribution is -0.124. The number of ether oxygens (including phenoxy) is 1. The van der Waals surface area contributed by atoms with Crippen molar-refractivity contribution in [3.05, 3.63) is 53.6 Å². The quantitative estimate of drug-likeness (QED) is 0.656. The molecule has 4 saturated carbocycles. The van der Waals surface area contributed by atoms with E-state index >= 15 is 0 Å². The van der Waals surface area contributed by atoms with Gasteiger partial charge in [0.1, 0.15) is 5.60 Å². The standard InChI is InChI=1S/C23H24ClNO2/c24-21-4-2-1-3-20(21)18-5-7-19(8-6-18)25-22(26)27-23-12-15-9-16(13-23)11-17(10-15)14-23/h1-8,15-17H,9-14H2,(H,25,26). The third-order valence-electron chi connectivity index (χ3n) is 6.61. The zero-order valence-electron chi connectivity index (χ0n) is 15.3. The molecule has 0 aromatic heterocycles. The highest BCUT2D eigenvalue weighted by Gasteiger charge is 2.53. The van der Waals surface area contributed by atoms with E-state index in [1.165, 1.54) is 19.3 Å². The SMILES string of the molecule is O=C(Nc1ccc(-c2ccccc2Cl)cc1)OC12CC3CC(CC(C3)C1)C2. The lowest BCUT2D eigenvalue weighted by Gasteiger charge is -2.55. The number of nitrogens with one attached hydrogen (secondary N) is 1. The summed E-state index contributed by atoms with van der Waals surface area (Å²) in [5, 5.41) is 3.64. The van der Waals surface area contributed by atoms with Crippen molar-refractivity contribution in [1.29, 1.82) is 0 Å². The summed E-state index contributed by atoms with van der Waals surface area (Å²) < 4.78 is 6.02. The Kier molecular flexibility index (Phi) is 4.16. The molecule has 4 fully saturated rings. The van der Waals surface area contributed by atoms with Gasteiger partial charge in [0.25, 0.3) is 0 Å². The van der Waals surface area contributed by atoms with Crippen LogP contribution in [0, 0.1) is 17.8 Å². The van der Waals surface area contributed by atoms with Crippen LogP contribution >= 0.6 is 11.6 Å². The minimum Gasteiger partial charge on any atom is -0.443 e. The van der Waals surface area contributed by atoms with Gasteiger partial charge in [0, 0.05) is 16.3 Å². The number of anilines is 1. The van der Waals surface area contributed by atoms with Crippen LogP contribution < -0.4 is 5.32 Å². The molecule has 140 valence electrons. The first-order chi connectivity index (χ1) is 13.1. The van der Waals surface area contributed by atoms with Crippen molar-refractivity contribution in [3.63, 3.8) is 0 Å². The Morgan fingerprint density at radius 1 is 0.926 bits per heavy atom. The number of rotatable bonds is 3. The van der Waals surface area contributed by atoms with Crippen molar-refractivity contribution in [2.24, 2.45) is 17.8 Å². The molecule has 4 heteroatoms. The fraction of sp³-hybridized carbons (Fsp3) is 0.435. The Labute approximate surface area is 165 Å². The number of hydrogen-bond acceptors (Lipinski definition) is 2. The van der Waals surface area contributed by atoms with Crippen LogP contribution in [0.25, 0.3) is 11.1 Å². The summed E-state index contributed by atoms with van der Waals surface area (Å²) >= 11 is 6.27. The molecule has 3 nitrogen and oxygen atoms in total. The molecule has 4 aliphatic carbocycles. The summed E-state index contributed by atoms with van der Waals surface area (Å²) in [7, 11) is 0. The van der Waals surface area contributed by atoms with Gasteiger partial charge in [-0.15, -0.1) is 0 Å². The molecule has 1 amide bonds. The Bertz CT molecular complexity index is 826. The number of hydrogen-bond donors (Lipinski definition) is 1. The molecule has 2 aromatic rings. The summed E-state index contributed by atoms with van der Waals surface area (Å²) in [4.78, 5) is 12.6. The molecule has 1 N–H and O–H groups in total. The maximum Gasteiger partial charge on any atom is 0.412 e. The van der Waals surface area contributed by atoms with Gasteiger partial charge in [-0.25, -0.2) is 4.79 Å². The first kappa shape index (κ1) is 17.1. The predicted octanol–water partition coefficient (Wildman–Crippen LogP) is 6.52. The monoisotopic (exact) mass is 381 g/mol. The Morgan fingerprint density at radius 2 is 1.52 bits per heavy atom. The van der Waals surface area contributed by atoms with Crippen LogP contribution in [-0.4, -0.2) is 11.7 Å². The topological polar surface area (TPSA) is 38.3 Å². The van der Waals surface area contributed by atoms with E-state index in [9.17, 15) is 4.79 Å². The fourth-order valence-electron chi connectivity index (χ4n) is 5.92. The molecule has 4 aliphatic rings. The summed E-state index contributed by atoms with van der Waals surface area (Å²) in [5.74, 6) is 2.29. The Balaban J connectivity index is 1.26. The van der Waals surface area contributed by atoms with E-state index in [0.717, 1.165) is 58.9 Å². The van der Waals surface area contributed by atoms with E-state index in [0.29, 0.717) is 0 Å². The number of carbonyl (C=O) groups excluding carboxylic acids is 1. The molecule has 0 atom stereocenters. The van der Waals surface area contributed by atoms with Gasteiger partial charge in [-0.05, 0) is 80.0 Å². The second-order valence-corrected chi connectivity index (χ2v) is 9.08. The second kappa shape index (κ2) is 6.56. The van der Waals surface area contributed by atoms with E-state index in [4.69, 9.17) is 16.3 Å². The van der Waals surface area contributed by atoms with E-state index in [1.54, 1.807) is 0 Å². The van der Waals surface area contributed by atoms with Gasteiger partial charge in [0.2, 0.25) is 0 Å². The van der Waals surface area contributed by atoms with Crippen LogP contribution in [0.1, 0.15) is 38.5 Å². The first-order valence-corrected chi connectivity index (χ1v) is 10.3. The van der Waals surface area contributed by atoms with Gasteiger partial charge < -0.3 is 4.74 Å². The smallest absolute Gasteiger partial charge is 0.412 e. The van der Waals surface area contributed by atoms with E-state index in [1.807, 2.05) is 48.5 Å².